The van der Waals surface area contributed by atoms with E-state index in [-0.39, 0.29) is 80.7 Å². The Morgan fingerprint density at radius 2 is 0.772 bits per heavy atom. The molecule has 0 aromatic heterocycles. The van der Waals surface area contributed by atoms with E-state index >= 15 is 0 Å². The maximum absolute atomic E-state index is 12.6. The number of carbonyl (C=O) groups excluding carboxylic acids is 1. The number of rotatable bonds is 23. The van der Waals surface area contributed by atoms with E-state index in [1.54, 1.807) is 41.5 Å². The zero-order valence-electron chi connectivity index (χ0n) is 59.0. The molecule has 6 rings (SSSR count). The number of aliphatic hydroxyl groups is 6. The number of hydrogen-bond acceptors (Lipinski definition) is 26. The summed E-state index contributed by atoms with van der Waals surface area (Å²) in [5.41, 5.74) is -5.78. The van der Waals surface area contributed by atoms with Gasteiger partial charge in [-0.15, -0.1) is 0 Å². The summed E-state index contributed by atoms with van der Waals surface area (Å²) < 4.78 is 99.2. The molecular weight excluding hydrogens is 1280 g/mol. The highest BCUT2D eigenvalue weighted by atomic mass is 32.9. The molecule has 6 aliphatic heterocycles. The van der Waals surface area contributed by atoms with E-state index in [0.29, 0.717) is 6.61 Å². The minimum atomic E-state index is -4.59. The molecule has 0 spiro atoms. The van der Waals surface area contributed by atoms with Gasteiger partial charge in [0.25, 0.3) is 0 Å². The van der Waals surface area contributed by atoms with Gasteiger partial charge in [-0.1, -0.05) is 11.8 Å². The van der Waals surface area contributed by atoms with Crippen molar-refractivity contribution in [2.75, 3.05) is 39.6 Å². The highest BCUT2D eigenvalue weighted by molar-refractivity contribution is 8.51. The molecule has 6 aliphatic rings. The molecule has 0 aromatic rings. The third-order valence-electron chi connectivity index (χ3n) is 15.5. The standard InChI is InChI=1S/C22H41NO7.C20H40NO9P.C20H39O8PS2/c1-12-18(25)14(16(29-12)11-27-21(3,4)5)9-17(24)23-10-15-20(30-22(6,7)8)19(26)13(2)28-15;1-11-16(22)15(13(28-11)9-26-19(3,4)5)21-31(24,25)27-10-14-18(30-20(6,7)8)17(23)12(2)29-14;1-11-15(21)17(27-20(6,7)8)14(26-11)10-24-29(30,31)28-18-13(9-23-19(3,4)5)25-12(2)16(18)22/h12-16,18-20,25-26H,9-11H2,1-8H3,(H,23,24);11-18,22-23H,9-10H2,1-8H3,(H2,21,24,25);11-18,21-22H,9-10H2,1-8H3,(H,30,31)/p-2/t12-,13-,14-,15+,16+,18?,19?,20-;11-,12-,13+,14+,15-,16?,17?,18-;11-,12-,13+,14+,15?,16?,17-,18-/m000/s1. The largest absolute Gasteiger partial charge is 0.766 e. The zero-order valence-corrected chi connectivity index (χ0v) is 62.5. The normalized spacial score (nSPS) is 38.6. The first-order valence-electron chi connectivity index (χ1n) is 32.3. The molecule has 0 aliphatic carbocycles. The molecule has 544 valence electrons. The van der Waals surface area contributed by atoms with E-state index in [1.165, 1.54) is 0 Å². The number of carbonyl (C=O) groups is 1. The van der Waals surface area contributed by atoms with Crippen molar-refractivity contribution in [1.29, 1.82) is 0 Å². The van der Waals surface area contributed by atoms with E-state index < -0.39 is 158 Å². The molecule has 26 nitrogen and oxygen atoms in total. The molecular formula is C62H118N2O24P2S2-2. The fourth-order valence-electron chi connectivity index (χ4n) is 11.0. The third-order valence-corrected chi connectivity index (χ3v) is 18.7. The average Bonchev–Trinajstić information content (AvgIpc) is 1.71. The summed E-state index contributed by atoms with van der Waals surface area (Å²) in [4.78, 5) is 25.3. The van der Waals surface area contributed by atoms with Crippen LogP contribution in [-0.2, 0) is 104 Å². The van der Waals surface area contributed by atoms with Crippen molar-refractivity contribution < 1.29 is 115 Å². The van der Waals surface area contributed by atoms with Gasteiger partial charge in [0.15, 0.2) is 0 Å². The first kappa shape index (κ1) is 84.2. The van der Waals surface area contributed by atoms with Crippen LogP contribution in [0.15, 0.2) is 0 Å². The minimum absolute atomic E-state index is 0.0192. The molecule has 92 heavy (non-hydrogen) atoms. The van der Waals surface area contributed by atoms with Crippen LogP contribution in [0.2, 0.25) is 0 Å². The highest BCUT2D eigenvalue weighted by Crippen LogP contribution is 2.50. The Labute approximate surface area is 558 Å². The van der Waals surface area contributed by atoms with E-state index in [9.17, 15) is 44.9 Å². The molecule has 8 N–H and O–H groups in total. The Bertz CT molecular complexity index is 2240. The molecule has 6 saturated heterocycles. The maximum Gasteiger partial charge on any atom is 0.220 e. The fraction of sp³-hybridized carbons (Fsp3) is 0.984. The predicted octanol–water partition coefficient (Wildman–Crippen LogP) is 4.58. The SMILES string of the molecule is C[C@@H]1O[C@H](COC(C)(C)C)[C@H](CC(=O)NC[C@H]2O[C@@H](C)C(O)[C@H]2OC(C)(C)C)C1O.C[C@@H]1O[C@H](COC(C)(C)C)[C@H](NP(=O)([O-])OC[C@H]2O[C@@H](C)C(O)[C@H]2OC(C)(C)C)C1O.C[C@@H]1O[C@H](COP(=S)([S-])O[C@@H]2C(O)[C@H](C)O[C@@H]2COC(C)(C)C)[C@H](OC(C)(C)C)C1O. The molecule has 0 bridgehead atoms. The van der Waals surface area contributed by atoms with Crippen LogP contribution in [0.1, 0.15) is 173 Å². The highest BCUT2D eigenvalue weighted by Gasteiger charge is 2.50. The number of nitrogens with one attached hydrogen (secondary N) is 2. The van der Waals surface area contributed by atoms with Crippen molar-refractivity contribution in [3.63, 3.8) is 0 Å². The Morgan fingerprint density at radius 1 is 0.457 bits per heavy atom. The average molecular weight is 1400 g/mol. The molecule has 0 saturated carbocycles. The molecule has 0 aromatic carbocycles. The van der Waals surface area contributed by atoms with Crippen molar-refractivity contribution in [3.05, 3.63) is 0 Å². The summed E-state index contributed by atoms with van der Waals surface area (Å²) in [7, 11) is -4.59. The summed E-state index contributed by atoms with van der Waals surface area (Å²) in [6, 6.07) is -0.920. The van der Waals surface area contributed by atoms with Gasteiger partial charge in [0.2, 0.25) is 13.7 Å². The number of ether oxygens (including phenoxy) is 12. The van der Waals surface area contributed by atoms with Gasteiger partial charge in [-0.25, -0.2) is 5.09 Å². The molecule has 6 heterocycles. The van der Waals surface area contributed by atoms with E-state index in [2.05, 4.69) is 10.4 Å². The lowest BCUT2D eigenvalue weighted by Crippen LogP contribution is -2.47. The molecule has 8 unspecified atom stereocenters. The van der Waals surface area contributed by atoms with Gasteiger partial charge in [-0.05, 0) is 166 Å². The summed E-state index contributed by atoms with van der Waals surface area (Å²) in [6.07, 6.45) is -13.5. The second-order valence-electron chi connectivity index (χ2n) is 31.0. The zero-order chi connectivity index (χ0) is 70.4. The first-order chi connectivity index (χ1) is 41.7. The second kappa shape index (κ2) is 34.0. The summed E-state index contributed by atoms with van der Waals surface area (Å²) in [6.45, 7) is 45.3. The van der Waals surface area contributed by atoms with Crippen molar-refractivity contribution in [1.82, 2.24) is 10.4 Å². The van der Waals surface area contributed by atoms with Crippen molar-refractivity contribution >= 4 is 43.4 Å². The van der Waals surface area contributed by atoms with Crippen LogP contribution in [0.3, 0.4) is 0 Å². The molecule has 26 atom stereocenters. The van der Waals surface area contributed by atoms with Crippen LogP contribution in [-0.4, -0.2) is 250 Å². The van der Waals surface area contributed by atoms with Gasteiger partial charge in [0, 0.05) is 18.9 Å². The fourth-order valence-corrected chi connectivity index (χ4v) is 14.0. The first-order valence-corrected chi connectivity index (χ1v) is 37.5. The second-order valence-corrected chi connectivity index (χ2v) is 37.5. The minimum Gasteiger partial charge on any atom is -0.766 e. The van der Waals surface area contributed by atoms with Gasteiger partial charge in [-0.2, -0.15) is 0 Å². The summed E-state index contributed by atoms with van der Waals surface area (Å²) >= 11 is 10.9. The van der Waals surface area contributed by atoms with Crippen LogP contribution in [0.25, 0.3) is 0 Å². The Hall–Kier alpha value is -0.220. The van der Waals surface area contributed by atoms with Crippen molar-refractivity contribution in [2.24, 2.45) is 5.92 Å². The maximum atomic E-state index is 12.6. The quantitative estimate of drug-likeness (QED) is 0.0512. The van der Waals surface area contributed by atoms with E-state index in [4.69, 9.17) is 94.5 Å². The summed E-state index contributed by atoms with van der Waals surface area (Å²) in [5, 5.41) is 67.8. The van der Waals surface area contributed by atoms with Gasteiger partial charge in [0.05, 0.1) is 139 Å². The van der Waals surface area contributed by atoms with Crippen LogP contribution in [0.5, 0.6) is 0 Å². The smallest absolute Gasteiger partial charge is 0.220 e. The predicted molar refractivity (Wildman–Crippen MR) is 347 cm³/mol. The Balaban J connectivity index is 0.000000294. The van der Waals surface area contributed by atoms with Crippen LogP contribution < -0.4 is 15.3 Å². The molecule has 6 fully saturated rings. The molecule has 1 amide bonds. The van der Waals surface area contributed by atoms with Crippen LogP contribution in [0.4, 0.5) is 0 Å². The third kappa shape index (κ3) is 27.7. The summed E-state index contributed by atoms with van der Waals surface area (Å²) in [5.74, 6) is -0.553. The van der Waals surface area contributed by atoms with Crippen LogP contribution >= 0.6 is 13.4 Å². The lowest BCUT2D eigenvalue weighted by atomic mass is 9.92. The van der Waals surface area contributed by atoms with Gasteiger partial charge >= 0.3 is 0 Å². The lowest BCUT2D eigenvalue weighted by Gasteiger charge is -2.36. The Kier molecular flexibility index (Phi) is 31.1. The topological polar surface area (TPSA) is 341 Å². The van der Waals surface area contributed by atoms with Crippen molar-refractivity contribution in [3.8, 4) is 0 Å². The van der Waals surface area contributed by atoms with E-state index in [1.807, 2.05) is 125 Å². The molecule has 0 radical (unpaired) electrons. The van der Waals surface area contributed by atoms with Gasteiger partial charge in [0.1, 0.15) is 73.2 Å². The molecule has 30 heteroatoms. The van der Waals surface area contributed by atoms with E-state index in [0.717, 1.165) is 0 Å². The number of aliphatic hydroxyl groups excluding tert-OH is 6. The number of hydrogen-bond donors (Lipinski definition) is 8. The number of amides is 1. The van der Waals surface area contributed by atoms with Crippen LogP contribution in [0, 0.1) is 5.92 Å². The lowest BCUT2D eigenvalue weighted by molar-refractivity contribution is -0.208. The van der Waals surface area contributed by atoms with Gasteiger partial charge in [-0.3, -0.25) is 9.36 Å². The monoisotopic (exact) mass is 1400 g/mol. The Morgan fingerprint density at radius 3 is 1.18 bits per heavy atom. The van der Waals surface area contributed by atoms with Gasteiger partial charge < -0.3 is 124 Å². The van der Waals surface area contributed by atoms with Crippen molar-refractivity contribution in [2.45, 2.75) is 347 Å².